The molecular formula is C28H25N9O2. The molecule has 0 bridgehead atoms. The van der Waals surface area contributed by atoms with E-state index in [4.69, 9.17) is 9.84 Å². The van der Waals surface area contributed by atoms with Gasteiger partial charge in [-0.1, -0.05) is 13.8 Å². The molecule has 2 aromatic carbocycles. The van der Waals surface area contributed by atoms with Crippen LogP contribution in [0.5, 0.6) is 11.5 Å². The first kappa shape index (κ1) is 23.9. The monoisotopic (exact) mass is 519 g/mol. The predicted molar refractivity (Wildman–Crippen MR) is 148 cm³/mol. The lowest BCUT2D eigenvalue weighted by Crippen LogP contribution is -2.21. The molecule has 0 atom stereocenters. The molecule has 0 aliphatic carbocycles. The van der Waals surface area contributed by atoms with Crippen LogP contribution in [-0.2, 0) is 0 Å². The first-order valence-corrected chi connectivity index (χ1v) is 12.4. The third kappa shape index (κ3) is 5.18. The van der Waals surface area contributed by atoms with E-state index in [0.717, 1.165) is 33.5 Å². The van der Waals surface area contributed by atoms with Crippen LogP contribution < -0.4 is 15.4 Å². The normalized spacial score (nSPS) is 11.2. The Morgan fingerprint density at radius 3 is 2.62 bits per heavy atom. The summed E-state index contributed by atoms with van der Waals surface area (Å²) in [6.45, 7) is 4.12. The van der Waals surface area contributed by atoms with Crippen molar-refractivity contribution in [3.05, 3.63) is 91.1 Å². The van der Waals surface area contributed by atoms with Crippen molar-refractivity contribution in [2.75, 3.05) is 10.6 Å². The lowest BCUT2D eigenvalue weighted by Gasteiger charge is -2.11. The molecule has 6 aromatic rings. The number of fused-ring (bicyclic) bond motifs is 1. The van der Waals surface area contributed by atoms with Crippen LogP contribution >= 0.6 is 0 Å². The summed E-state index contributed by atoms with van der Waals surface area (Å²) in [5, 5.41) is 25.2. The second-order valence-electron chi connectivity index (χ2n) is 9.23. The second-order valence-corrected chi connectivity index (χ2v) is 9.23. The molecule has 0 saturated carbocycles. The number of nitrogens with one attached hydrogen (secondary N) is 4. The van der Waals surface area contributed by atoms with Crippen molar-refractivity contribution in [3.8, 4) is 28.4 Å². The maximum atomic E-state index is 12.9. The van der Waals surface area contributed by atoms with Gasteiger partial charge in [0.25, 0.3) is 0 Å². The molecule has 4 N–H and O–H groups in total. The number of aromatic nitrogens is 7. The molecule has 0 spiro atoms. The number of nitrogens with zero attached hydrogens (tertiary/aromatic N) is 5. The molecule has 39 heavy (non-hydrogen) atoms. The van der Waals surface area contributed by atoms with Crippen LogP contribution in [0.15, 0.2) is 85.5 Å². The van der Waals surface area contributed by atoms with Crippen LogP contribution in [-0.4, -0.2) is 41.2 Å². The van der Waals surface area contributed by atoms with Crippen molar-refractivity contribution < 1.29 is 9.53 Å². The van der Waals surface area contributed by atoms with Crippen molar-refractivity contribution >= 4 is 28.4 Å². The molecule has 0 radical (unpaired) electrons. The van der Waals surface area contributed by atoms with E-state index in [1.165, 1.54) is 0 Å². The van der Waals surface area contributed by atoms with Crippen LogP contribution in [0.4, 0.5) is 16.3 Å². The molecule has 2 amide bonds. The van der Waals surface area contributed by atoms with Gasteiger partial charge < -0.3 is 10.1 Å². The van der Waals surface area contributed by atoms with Gasteiger partial charge in [0, 0.05) is 41.2 Å². The van der Waals surface area contributed by atoms with Crippen molar-refractivity contribution in [3.63, 3.8) is 0 Å². The van der Waals surface area contributed by atoms with Gasteiger partial charge in [-0.25, -0.2) is 9.48 Å². The van der Waals surface area contributed by atoms with E-state index >= 15 is 0 Å². The molecule has 0 aliphatic heterocycles. The average Bonchev–Trinajstić information content (AvgIpc) is 3.71. The predicted octanol–water partition coefficient (Wildman–Crippen LogP) is 6.09. The molecular weight excluding hydrogens is 494 g/mol. The van der Waals surface area contributed by atoms with E-state index < -0.39 is 0 Å². The number of urea groups is 1. The van der Waals surface area contributed by atoms with Crippen molar-refractivity contribution in [2.24, 2.45) is 0 Å². The number of carbonyl (C=O) groups is 1. The fraction of sp³-hybridized carbons (Fsp3) is 0.107. The number of hydrogen-bond donors (Lipinski definition) is 4. The van der Waals surface area contributed by atoms with Crippen molar-refractivity contribution in [2.45, 2.75) is 19.8 Å². The van der Waals surface area contributed by atoms with Crippen LogP contribution in [0, 0.1) is 0 Å². The SMILES string of the molecule is CC(C)c1cc(NC(=O)Nc2ccc(Oc3ccnc(-c4cn[nH]c4)c3)cc2)n(-c2ccc3[nH]ncc3c2)n1. The summed E-state index contributed by atoms with van der Waals surface area (Å²) in [6, 6.07) is 18.1. The van der Waals surface area contributed by atoms with E-state index in [1.807, 2.05) is 30.3 Å². The van der Waals surface area contributed by atoms with Gasteiger partial charge in [-0.05, 0) is 54.4 Å². The molecule has 4 aromatic heterocycles. The van der Waals surface area contributed by atoms with Crippen LogP contribution in [0.25, 0.3) is 27.8 Å². The quantitative estimate of drug-likeness (QED) is 0.201. The summed E-state index contributed by atoms with van der Waals surface area (Å²) in [5.41, 5.74) is 4.85. The van der Waals surface area contributed by atoms with Gasteiger partial charge in [0.1, 0.15) is 17.3 Å². The number of ether oxygens (including phenoxy) is 1. The Morgan fingerprint density at radius 2 is 1.82 bits per heavy atom. The first-order valence-electron chi connectivity index (χ1n) is 12.4. The molecule has 6 rings (SSSR count). The fourth-order valence-electron chi connectivity index (χ4n) is 4.07. The summed E-state index contributed by atoms with van der Waals surface area (Å²) in [7, 11) is 0. The number of H-pyrrole nitrogens is 2. The highest BCUT2D eigenvalue weighted by Crippen LogP contribution is 2.27. The number of hydrogen-bond acceptors (Lipinski definition) is 6. The van der Waals surface area contributed by atoms with Crippen molar-refractivity contribution in [1.29, 1.82) is 0 Å². The van der Waals surface area contributed by atoms with Gasteiger partial charge in [-0.3, -0.25) is 20.5 Å². The summed E-state index contributed by atoms with van der Waals surface area (Å²) >= 11 is 0. The number of rotatable bonds is 7. The van der Waals surface area contributed by atoms with Gasteiger partial charge in [0.2, 0.25) is 0 Å². The minimum atomic E-state index is -0.386. The molecule has 0 saturated heterocycles. The summed E-state index contributed by atoms with van der Waals surface area (Å²) < 4.78 is 7.70. The Kier molecular flexibility index (Phi) is 6.21. The van der Waals surface area contributed by atoms with E-state index in [-0.39, 0.29) is 11.9 Å². The molecule has 0 aliphatic rings. The van der Waals surface area contributed by atoms with Gasteiger partial charge in [0.15, 0.2) is 0 Å². The Hall–Kier alpha value is -5.45. The van der Waals surface area contributed by atoms with Crippen LogP contribution in [0.1, 0.15) is 25.5 Å². The molecule has 194 valence electrons. The lowest BCUT2D eigenvalue weighted by atomic mass is 10.1. The largest absolute Gasteiger partial charge is 0.457 e. The zero-order chi connectivity index (χ0) is 26.8. The van der Waals surface area contributed by atoms with Gasteiger partial charge >= 0.3 is 6.03 Å². The van der Waals surface area contributed by atoms with Gasteiger partial charge in [0.05, 0.1) is 35.0 Å². The van der Waals surface area contributed by atoms with Gasteiger partial charge in [-0.2, -0.15) is 15.3 Å². The Labute approximate surface area is 223 Å². The minimum Gasteiger partial charge on any atom is -0.457 e. The minimum absolute atomic E-state index is 0.191. The number of benzene rings is 2. The molecule has 11 heteroatoms. The highest BCUT2D eigenvalue weighted by atomic mass is 16.5. The van der Waals surface area contributed by atoms with Crippen LogP contribution in [0.2, 0.25) is 0 Å². The fourth-order valence-corrected chi connectivity index (χ4v) is 4.07. The summed E-state index contributed by atoms with van der Waals surface area (Å²) in [4.78, 5) is 17.3. The van der Waals surface area contributed by atoms with E-state index in [0.29, 0.717) is 23.0 Å². The lowest BCUT2D eigenvalue weighted by molar-refractivity contribution is 0.262. The zero-order valence-electron chi connectivity index (χ0n) is 21.2. The van der Waals surface area contributed by atoms with Crippen LogP contribution in [0.3, 0.4) is 0 Å². The second kappa shape index (κ2) is 10.1. The standard InChI is InChI=1S/C28H25N9O2/c1-17(2)25-13-27(37(36-25)21-5-8-24-18(11-21)14-32-35-24)34-28(38)33-20-3-6-22(7-4-20)39-23-9-10-29-26(12-23)19-15-30-31-16-19/h3-17H,1-2H3,(H,30,31)(H,32,35)(H2,33,34,38). The van der Waals surface area contributed by atoms with E-state index in [9.17, 15) is 4.79 Å². The number of amides is 2. The zero-order valence-corrected chi connectivity index (χ0v) is 21.2. The van der Waals surface area contributed by atoms with Crippen molar-refractivity contribution in [1.82, 2.24) is 35.2 Å². The summed E-state index contributed by atoms with van der Waals surface area (Å²) in [6.07, 6.45) is 6.91. The van der Waals surface area contributed by atoms with Gasteiger partial charge in [-0.15, -0.1) is 0 Å². The van der Waals surface area contributed by atoms with E-state index in [2.05, 4.69) is 49.9 Å². The maximum absolute atomic E-state index is 12.9. The highest BCUT2D eigenvalue weighted by Gasteiger charge is 2.15. The molecule has 11 nitrogen and oxygen atoms in total. The average molecular weight is 520 g/mol. The third-order valence-corrected chi connectivity index (χ3v) is 6.10. The topological polar surface area (TPSA) is 138 Å². The number of aromatic amines is 2. The molecule has 0 fully saturated rings. The Morgan fingerprint density at radius 1 is 0.949 bits per heavy atom. The Balaban J connectivity index is 1.15. The molecule has 4 heterocycles. The van der Waals surface area contributed by atoms with E-state index in [1.54, 1.807) is 59.8 Å². The number of pyridine rings is 1. The smallest absolute Gasteiger partial charge is 0.324 e. The summed E-state index contributed by atoms with van der Waals surface area (Å²) in [5.74, 6) is 2.02. The number of carbonyl (C=O) groups excluding carboxylic acids is 1. The first-order chi connectivity index (χ1) is 19.0. The maximum Gasteiger partial charge on any atom is 0.324 e. The Bertz CT molecular complexity index is 1730. The molecule has 0 unspecified atom stereocenters. The highest BCUT2D eigenvalue weighted by molar-refractivity contribution is 5.99. The number of anilines is 2. The third-order valence-electron chi connectivity index (χ3n) is 6.10.